The predicted octanol–water partition coefficient (Wildman–Crippen LogP) is 1.86. The summed E-state index contributed by atoms with van der Waals surface area (Å²) in [6.45, 7) is 0.361. The van der Waals surface area contributed by atoms with Gasteiger partial charge in [-0.3, -0.25) is 4.79 Å². The highest BCUT2D eigenvalue weighted by molar-refractivity contribution is 6.30. The smallest absolute Gasteiger partial charge is 0.311 e. The zero-order valence-electron chi connectivity index (χ0n) is 7.61. The lowest BCUT2D eigenvalue weighted by atomic mass is 9.96. The lowest BCUT2D eigenvalue weighted by Gasteiger charge is -2.10. The van der Waals surface area contributed by atoms with Gasteiger partial charge in [0.25, 0.3) is 0 Å². The van der Waals surface area contributed by atoms with Crippen molar-refractivity contribution in [3.05, 3.63) is 34.9 Å². The van der Waals surface area contributed by atoms with Crippen LogP contribution in [0.2, 0.25) is 5.02 Å². The molecule has 0 aromatic heterocycles. The summed E-state index contributed by atoms with van der Waals surface area (Å²) in [5.41, 5.74) is 6.09. The van der Waals surface area contributed by atoms with E-state index in [0.717, 1.165) is 5.56 Å². The van der Waals surface area contributed by atoms with Crippen molar-refractivity contribution in [1.29, 1.82) is 0 Å². The number of rotatable bonds is 4. The van der Waals surface area contributed by atoms with Gasteiger partial charge in [-0.15, -0.1) is 0 Å². The Balaban J connectivity index is 2.87. The molecule has 0 saturated heterocycles. The van der Waals surface area contributed by atoms with Crippen LogP contribution in [0.1, 0.15) is 17.9 Å². The second-order valence-corrected chi connectivity index (χ2v) is 3.46. The third-order valence-corrected chi connectivity index (χ3v) is 2.28. The average Bonchev–Trinajstić information content (AvgIpc) is 2.15. The number of carboxylic acid groups (broad SMARTS) is 1. The molecule has 0 unspecified atom stereocenters. The molecule has 0 bridgehead atoms. The molecule has 3 N–H and O–H groups in total. The van der Waals surface area contributed by atoms with E-state index >= 15 is 0 Å². The summed E-state index contributed by atoms with van der Waals surface area (Å²) in [7, 11) is 0. The zero-order chi connectivity index (χ0) is 10.6. The monoisotopic (exact) mass is 213 g/mol. The van der Waals surface area contributed by atoms with Crippen molar-refractivity contribution < 1.29 is 9.90 Å². The first kappa shape index (κ1) is 11.0. The topological polar surface area (TPSA) is 63.3 Å². The van der Waals surface area contributed by atoms with E-state index < -0.39 is 11.9 Å². The molecular formula is C10H12ClNO2. The maximum absolute atomic E-state index is 10.9. The van der Waals surface area contributed by atoms with Crippen LogP contribution < -0.4 is 5.73 Å². The minimum Gasteiger partial charge on any atom is -0.481 e. The standard InChI is InChI=1S/C10H12ClNO2/c11-8-3-1-7(2-4-8)9(5-6-12)10(13)14/h1-4,9H,5-6,12H2,(H,13,14)/t9-/m1/s1. The second kappa shape index (κ2) is 4.98. The Labute approximate surface area is 87.5 Å². The molecule has 76 valence electrons. The molecule has 0 aliphatic carbocycles. The molecule has 0 heterocycles. The van der Waals surface area contributed by atoms with Gasteiger partial charge in [0.05, 0.1) is 5.92 Å². The van der Waals surface area contributed by atoms with Crippen molar-refractivity contribution in [2.75, 3.05) is 6.54 Å². The van der Waals surface area contributed by atoms with E-state index in [4.69, 9.17) is 22.4 Å². The number of aliphatic carboxylic acids is 1. The molecule has 0 fully saturated rings. The minimum atomic E-state index is -0.849. The number of carbonyl (C=O) groups is 1. The summed E-state index contributed by atoms with van der Waals surface area (Å²) in [4.78, 5) is 10.9. The van der Waals surface area contributed by atoms with E-state index in [1.54, 1.807) is 24.3 Å². The molecular weight excluding hydrogens is 202 g/mol. The molecule has 14 heavy (non-hydrogen) atoms. The molecule has 0 saturated carbocycles. The molecule has 0 amide bonds. The molecule has 4 heteroatoms. The fourth-order valence-corrected chi connectivity index (χ4v) is 1.42. The van der Waals surface area contributed by atoms with Gasteiger partial charge in [-0.25, -0.2) is 0 Å². The molecule has 1 rings (SSSR count). The molecule has 0 spiro atoms. The Morgan fingerprint density at radius 2 is 2.00 bits per heavy atom. The number of nitrogens with two attached hydrogens (primary N) is 1. The lowest BCUT2D eigenvalue weighted by molar-refractivity contribution is -0.138. The summed E-state index contributed by atoms with van der Waals surface area (Å²) < 4.78 is 0. The summed E-state index contributed by atoms with van der Waals surface area (Å²) >= 11 is 5.70. The molecule has 0 aliphatic rings. The van der Waals surface area contributed by atoms with E-state index in [1.165, 1.54) is 0 Å². The second-order valence-electron chi connectivity index (χ2n) is 3.02. The predicted molar refractivity (Wildman–Crippen MR) is 55.5 cm³/mol. The molecule has 1 atom stereocenters. The van der Waals surface area contributed by atoms with E-state index in [0.29, 0.717) is 18.0 Å². The minimum absolute atomic E-state index is 0.361. The van der Waals surface area contributed by atoms with Crippen molar-refractivity contribution in [3.63, 3.8) is 0 Å². The fourth-order valence-electron chi connectivity index (χ4n) is 1.29. The Morgan fingerprint density at radius 3 is 2.43 bits per heavy atom. The van der Waals surface area contributed by atoms with Gasteiger partial charge in [-0.1, -0.05) is 23.7 Å². The van der Waals surface area contributed by atoms with Crippen LogP contribution >= 0.6 is 11.6 Å². The third kappa shape index (κ3) is 2.72. The Morgan fingerprint density at radius 1 is 1.43 bits per heavy atom. The first-order valence-electron chi connectivity index (χ1n) is 4.33. The fraction of sp³-hybridized carbons (Fsp3) is 0.300. The number of hydrogen-bond donors (Lipinski definition) is 2. The quantitative estimate of drug-likeness (QED) is 0.803. The van der Waals surface area contributed by atoms with Crippen molar-refractivity contribution in [1.82, 2.24) is 0 Å². The van der Waals surface area contributed by atoms with Crippen LogP contribution in [0.5, 0.6) is 0 Å². The van der Waals surface area contributed by atoms with E-state index in [1.807, 2.05) is 0 Å². The number of hydrogen-bond acceptors (Lipinski definition) is 2. The summed E-state index contributed by atoms with van der Waals surface area (Å²) in [6, 6.07) is 6.81. The lowest BCUT2D eigenvalue weighted by Crippen LogP contribution is -2.15. The van der Waals surface area contributed by atoms with E-state index in [2.05, 4.69) is 0 Å². The average molecular weight is 214 g/mol. The highest BCUT2D eigenvalue weighted by Crippen LogP contribution is 2.21. The first-order chi connectivity index (χ1) is 6.65. The molecule has 0 radical (unpaired) electrons. The maximum atomic E-state index is 10.9. The van der Waals surface area contributed by atoms with Gasteiger partial charge < -0.3 is 10.8 Å². The van der Waals surface area contributed by atoms with Crippen LogP contribution in [0.15, 0.2) is 24.3 Å². The Hall–Kier alpha value is -1.06. The summed E-state index contributed by atoms with van der Waals surface area (Å²) in [5.74, 6) is -1.38. The van der Waals surface area contributed by atoms with Gasteiger partial charge in [-0.05, 0) is 30.7 Å². The van der Waals surface area contributed by atoms with Crippen molar-refractivity contribution in [3.8, 4) is 0 Å². The van der Waals surface area contributed by atoms with Gasteiger partial charge in [0.1, 0.15) is 0 Å². The van der Waals surface area contributed by atoms with Crippen LogP contribution in [0.25, 0.3) is 0 Å². The van der Waals surface area contributed by atoms with Crippen LogP contribution in [-0.4, -0.2) is 17.6 Å². The zero-order valence-corrected chi connectivity index (χ0v) is 8.37. The SMILES string of the molecule is NCC[C@@H](C(=O)O)c1ccc(Cl)cc1. The van der Waals surface area contributed by atoms with Gasteiger partial charge in [0.15, 0.2) is 0 Å². The van der Waals surface area contributed by atoms with Gasteiger partial charge in [0.2, 0.25) is 0 Å². The number of halogens is 1. The Bertz CT molecular complexity index is 310. The largest absolute Gasteiger partial charge is 0.481 e. The summed E-state index contributed by atoms with van der Waals surface area (Å²) in [6.07, 6.45) is 0.441. The van der Waals surface area contributed by atoms with Crippen molar-refractivity contribution in [2.45, 2.75) is 12.3 Å². The van der Waals surface area contributed by atoms with Gasteiger partial charge in [-0.2, -0.15) is 0 Å². The molecule has 1 aromatic carbocycles. The highest BCUT2D eigenvalue weighted by Gasteiger charge is 2.18. The van der Waals surface area contributed by atoms with E-state index in [9.17, 15) is 4.79 Å². The summed E-state index contributed by atoms with van der Waals surface area (Å²) in [5, 5.41) is 9.54. The highest BCUT2D eigenvalue weighted by atomic mass is 35.5. The maximum Gasteiger partial charge on any atom is 0.311 e. The van der Waals surface area contributed by atoms with E-state index in [-0.39, 0.29) is 0 Å². The Kier molecular flexibility index (Phi) is 3.92. The number of benzene rings is 1. The van der Waals surface area contributed by atoms with Crippen LogP contribution in [0.3, 0.4) is 0 Å². The van der Waals surface area contributed by atoms with Gasteiger partial charge >= 0.3 is 5.97 Å². The van der Waals surface area contributed by atoms with Crippen LogP contribution in [0, 0.1) is 0 Å². The number of carboxylic acids is 1. The first-order valence-corrected chi connectivity index (χ1v) is 4.71. The third-order valence-electron chi connectivity index (χ3n) is 2.03. The van der Waals surface area contributed by atoms with Gasteiger partial charge in [0, 0.05) is 5.02 Å². The molecule has 1 aromatic rings. The van der Waals surface area contributed by atoms with Crippen molar-refractivity contribution in [2.24, 2.45) is 5.73 Å². The molecule has 0 aliphatic heterocycles. The van der Waals surface area contributed by atoms with Crippen LogP contribution in [-0.2, 0) is 4.79 Å². The van der Waals surface area contributed by atoms with Crippen molar-refractivity contribution >= 4 is 17.6 Å². The normalized spacial score (nSPS) is 12.4. The van der Waals surface area contributed by atoms with Crippen LogP contribution in [0.4, 0.5) is 0 Å². The molecule has 3 nitrogen and oxygen atoms in total.